The van der Waals surface area contributed by atoms with Gasteiger partial charge in [0.1, 0.15) is 36.5 Å². The lowest BCUT2D eigenvalue weighted by Crippen LogP contribution is -2.46. The van der Waals surface area contributed by atoms with E-state index in [9.17, 15) is 32.3 Å². The number of carbonyl (C=O) groups excluding carboxylic acids is 6. The normalized spacial score (nSPS) is 16.4. The van der Waals surface area contributed by atoms with Crippen molar-refractivity contribution in [3.05, 3.63) is 175 Å². The number of hydrogen-bond donors (Lipinski definition) is 0. The van der Waals surface area contributed by atoms with Crippen molar-refractivity contribution in [1.29, 1.82) is 0 Å². The number of hydrogen-bond acceptors (Lipinski definition) is 11. The first-order valence-electron chi connectivity index (χ1n) is 18.6. The molecule has 0 saturated heterocycles. The summed E-state index contributed by atoms with van der Waals surface area (Å²) in [4.78, 5) is 83.2. The molecule has 8 nitrogen and oxygen atoms in total. The first-order valence-corrected chi connectivity index (χ1v) is 21.0. The summed E-state index contributed by atoms with van der Waals surface area (Å²) in [5.74, 6) is -11.1. The summed E-state index contributed by atoms with van der Waals surface area (Å²) in [5, 5.41) is 0. The van der Waals surface area contributed by atoms with E-state index in [0.29, 0.717) is 51.8 Å². The van der Waals surface area contributed by atoms with Gasteiger partial charge in [-0.15, -0.1) is 34.0 Å². The maximum Gasteiger partial charge on any atom is 0.333 e. The molecular weight excluding hydrogens is 865 g/mol. The molecule has 0 atom stereocenters. The van der Waals surface area contributed by atoms with Gasteiger partial charge in [0.25, 0.3) is 0 Å². The molecule has 0 saturated carbocycles. The summed E-state index contributed by atoms with van der Waals surface area (Å²) >= 11 is 3.55. The van der Waals surface area contributed by atoms with E-state index in [1.54, 1.807) is 66.7 Å². The molecule has 4 aromatic carbocycles. The highest BCUT2D eigenvalue weighted by Crippen LogP contribution is 2.57. The Morgan fingerprint density at radius 2 is 1.10 bits per heavy atom. The van der Waals surface area contributed by atoms with E-state index in [4.69, 9.17) is 9.47 Å². The Morgan fingerprint density at radius 3 is 1.63 bits per heavy atom. The van der Waals surface area contributed by atoms with E-state index < -0.39 is 80.5 Å². The van der Waals surface area contributed by atoms with Gasteiger partial charge in [-0.3, -0.25) is 28.8 Å². The number of rotatable bonds is 8. The highest BCUT2D eigenvalue weighted by atomic mass is 32.1. The molecule has 3 aliphatic rings. The van der Waals surface area contributed by atoms with Gasteiger partial charge in [-0.05, 0) is 53.1 Å². The van der Waals surface area contributed by atoms with Crippen LogP contribution in [0.4, 0.5) is 17.6 Å². The topological polar surface area (TPSA) is 121 Å². The molecule has 7 aromatic rings. The van der Waals surface area contributed by atoms with E-state index in [1.165, 1.54) is 46.2 Å². The van der Waals surface area contributed by atoms with Crippen molar-refractivity contribution in [2.45, 2.75) is 18.6 Å². The van der Waals surface area contributed by atoms with Crippen molar-refractivity contribution in [2.75, 3.05) is 0 Å². The van der Waals surface area contributed by atoms with Gasteiger partial charge >= 0.3 is 11.9 Å². The second-order valence-corrected chi connectivity index (χ2v) is 17.7. The number of ether oxygens (including phenoxy) is 2. The highest BCUT2D eigenvalue weighted by molar-refractivity contribution is 7.39. The van der Waals surface area contributed by atoms with E-state index in [1.807, 2.05) is 0 Å². The van der Waals surface area contributed by atoms with Crippen LogP contribution in [0.5, 0.6) is 0 Å². The van der Waals surface area contributed by atoms with E-state index >= 15 is 14.0 Å². The number of benzene rings is 4. The van der Waals surface area contributed by atoms with Crippen LogP contribution in [0.3, 0.4) is 0 Å². The fourth-order valence-electron chi connectivity index (χ4n) is 8.01. The smallest absolute Gasteiger partial charge is 0.333 e. The predicted octanol–water partition coefficient (Wildman–Crippen LogP) is 10.0. The van der Waals surface area contributed by atoms with Crippen LogP contribution in [-0.4, -0.2) is 35.1 Å². The Hall–Kier alpha value is -6.94. The van der Waals surface area contributed by atoms with Crippen LogP contribution in [0, 0.1) is 23.3 Å². The van der Waals surface area contributed by atoms with Gasteiger partial charge in [0.15, 0.2) is 0 Å². The first kappa shape index (κ1) is 39.2. The summed E-state index contributed by atoms with van der Waals surface area (Å²) in [6.45, 7) is -0.571. The van der Waals surface area contributed by atoms with Crippen LogP contribution in [-0.2, 0) is 47.3 Å². The maximum atomic E-state index is 15.0. The van der Waals surface area contributed by atoms with Crippen LogP contribution < -0.4 is 0 Å². The number of carbonyl (C=O) groups is 6. The van der Waals surface area contributed by atoms with Gasteiger partial charge in [0.2, 0.25) is 28.5 Å². The number of esters is 2. The molecule has 304 valence electrons. The fraction of sp³-hybridized carbons (Fsp3) is 0.0638. The minimum absolute atomic E-state index is 0.143. The van der Waals surface area contributed by atoms with Gasteiger partial charge < -0.3 is 9.47 Å². The predicted molar refractivity (Wildman–Crippen MR) is 224 cm³/mol. The van der Waals surface area contributed by atoms with E-state index in [2.05, 4.69) is 0 Å². The number of ketones is 4. The third-order valence-electron chi connectivity index (χ3n) is 10.8. The molecule has 0 unspecified atom stereocenters. The van der Waals surface area contributed by atoms with E-state index in [-0.39, 0.29) is 41.1 Å². The number of fused-ring (bicyclic) bond motifs is 7. The van der Waals surface area contributed by atoms with Crippen LogP contribution in [0.25, 0.3) is 42.1 Å². The van der Waals surface area contributed by atoms with Crippen molar-refractivity contribution >= 4 is 111 Å². The lowest BCUT2D eigenvalue weighted by atomic mass is 9.76. The first-order chi connectivity index (χ1) is 29.8. The Bertz CT molecular complexity index is 3240. The Labute approximate surface area is 358 Å². The Morgan fingerprint density at radius 1 is 0.581 bits per heavy atom. The fourth-order valence-corrected chi connectivity index (χ4v) is 12.3. The van der Waals surface area contributed by atoms with E-state index in [0.717, 1.165) is 18.2 Å². The summed E-state index contributed by atoms with van der Waals surface area (Å²) < 4.78 is 72.8. The average molecular weight is 887 g/mol. The lowest BCUT2D eigenvalue weighted by molar-refractivity contribution is -0.164. The second kappa shape index (κ2) is 14.6. The molecule has 0 spiro atoms. The van der Waals surface area contributed by atoms with Gasteiger partial charge in [-0.25, -0.2) is 17.6 Å². The van der Waals surface area contributed by atoms with Crippen molar-refractivity contribution in [1.82, 2.24) is 0 Å². The summed E-state index contributed by atoms with van der Waals surface area (Å²) in [5.41, 5.74) is -3.55. The SMILES string of the molecule is O=C1C(=O)c2c(F)cc(F)cc2/C1=C/C1=Cc2sc3c(sc4cc(/C=C5\C(=O)C(=O)c6c(F)cc(F)cc65)sc43)c2C1(C(=O)OCc1ccccc1)C(=O)OCc1ccccc1. The van der Waals surface area contributed by atoms with Gasteiger partial charge in [0.05, 0.1) is 25.2 Å². The van der Waals surface area contributed by atoms with Crippen LogP contribution in [0.1, 0.15) is 58.3 Å². The lowest BCUT2D eigenvalue weighted by Gasteiger charge is -2.28. The molecule has 0 radical (unpaired) electrons. The number of Topliss-reactive ketones (excluding diaryl/α,β-unsaturated/α-hetero) is 4. The molecule has 0 bridgehead atoms. The number of halogens is 4. The number of allylic oxidation sites excluding steroid dienone is 3. The minimum Gasteiger partial charge on any atom is -0.459 e. The zero-order valence-electron chi connectivity index (χ0n) is 31.3. The third-order valence-corrected chi connectivity index (χ3v) is 14.6. The molecule has 0 aliphatic heterocycles. The highest BCUT2D eigenvalue weighted by Gasteiger charge is 2.59. The molecule has 10 rings (SSSR count). The summed E-state index contributed by atoms with van der Waals surface area (Å²) in [6, 6.07) is 21.8. The Kier molecular flexibility index (Phi) is 9.24. The van der Waals surface area contributed by atoms with Crippen molar-refractivity contribution < 1.29 is 55.8 Å². The molecule has 0 N–H and O–H groups in total. The molecule has 3 heterocycles. The Balaban J connectivity index is 1.16. The van der Waals surface area contributed by atoms with Crippen LogP contribution in [0.15, 0.2) is 103 Å². The zero-order chi connectivity index (χ0) is 43.2. The van der Waals surface area contributed by atoms with Crippen LogP contribution in [0.2, 0.25) is 0 Å². The summed E-state index contributed by atoms with van der Waals surface area (Å²) in [7, 11) is 0. The molecule has 3 aromatic heterocycles. The van der Waals surface area contributed by atoms with Crippen molar-refractivity contribution in [3.63, 3.8) is 0 Å². The van der Waals surface area contributed by atoms with Crippen molar-refractivity contribution in [3.8, 4) is 0 Å². The van der Waals surface area contributed by atoms with Gasteiger partial charge in [-0.2, -0.15) is 0 Å². The monoisotopic (exact) mass is 886 g/mol. The average Bonchev–Trinajstić information content (AvgIpc) is 4.06. The van der Waals surface area contributed by atoms with Crippen molar-refractivity contribution in [2.24, 2.45) is 0 Å². The number of thiophene rings is 3. The molecular formula is C47H22F4O8S3. The largest absolute Gasteiger partial charge is 0.459 e. The molecule has 15 heteroatoms. The minimum atomic E-state index is -2.45. The zero-order valence-corrected chi connectivity index (χ0v) is 33.8. The second-order valence-electron chi connectivity index (χ2n) is 14.5. The van der Waals surface area contributed by atoms with Gasteiger partial charge in [0, 0.05) is 54.4 Å². The molecule has 0 fully saturated rings. The molecule has 0 amide bonds. The summed E-state index contributed by atoms with van der Waals surface area (Å²) in [6.07, 6.45) is 3.97. The molecule has 3 aliphatic carbocycles. The van der Waals surface area contributed by atoms with Gasteiger partial charge in [-0.1, -0.05) is 60.7 Å². The standard InChI is InChI=1S/C47H22F4O8S3/c48-24-13-27-29(38(52)40(54)35(27)31(50)15-24)11-23-12-33-37(47(23,45(56)58-19-21-7-3-1-4-8-21)46(57)59-20-22-9-5-2-6-10-22)43-44(61-33)42-34(62-43)18-26(60-42)17-30-28-14-25(49)16-32(51)36(28)41(55)39(30)53/h1-18H,19-20H2/b29-11-,30-17-. The maximum absolute atomic E-state index is 15.0. The third kappa shape index (κ3) is 5.98. The quantitative estimate of drug-likeness (QED) is 0.0486. The van der Waals surface area contributed by atoms with Crippen LogP contribution >= 0.6 is 34.0 Å². The molecule has 62 heavy (non-hydrogen) atoms.